The van der Waals surface area contributed by atoms with Crippen LogP contribution in [0.1, 0.15) is 38.7 Å². The minimum Gasteiger partial charge on any atom is -0.456 e. The van der Waals surface area contributed by atoms with Gasteiger partial charge in [-0.15, -0.1) is 0 Å². The molecule has 35 heavy (non-hydrogen) atoms. The highest BCUT2D eigenvalue weighted by Crippen LogP contribution is 2.27. The summed E-state index contributed by atoms with van der Waals surface area (Å²) in [5, 5.41) is 12.7. The van der Waals surface area contributed by atoms with Crippen LogP contribution in [0.15, 0.2) is 40.8 Å². The monoisotopic (exact) mass is 477 g/mol. The Kier molecular flexibility index (Phi) is 7.03. The Bertz CT molecular complexity index is 1280. The molecule has 1 fully saturated rings. The summed E-state index contributed by atoms with van der Waals surface area (Å²) < 4.78 is 20.6. The molecule has 1 N–H and O–H groups in total. The van der Waals surface area contributed by atoms with Gasteiger partial charge in [0.1, 0.15) is 23.5 Å². The van der Waals surface area contributed by atoms with Crippen molar-refractivity contribution in [3.05, 3.63) is 76.1 Å². The number of anilines is 1. The molecule has 0 radical (unpaired) electrons. The van der Waals surface area contributed by atoms with Crippen molar-refractivity contribution >= 4 is 17.6 Å². The summed E-state index contributed by atoms with van der Waals surface area (Å²) in [5.41, 5.74) is 2.94. The van der Waals surface area contributed by atoms with Crippen LogP contribution in [0.25, 0.3) is 0 Å². The van der Waals surface area contributed by atoms with Gasteiger partial charge < -0.3 is 19.2 Å². The molecule has 2 aromatic heterocycles. The van der Waals surface area contributed by atoms with Crippen molar-refractivity contribution in [3.63, 3.8) is 0 Å². The lowest BCUT2D eigenvalue weighted by molar-refractivity contribution is -0.117. The van der Waals surface area contributed by atoms with E-state index in [-0.39, 0.29) is 24.2 Å². The maximum Gasteiger partial charge on any atom is 0.289 e. The molecular formula is C26H28FN5O3. The molecule has 0 aliphatic carbocycles. The molecule has 1 saturated heterocycles. The van der Waals surface area contributed by atoms with Gasteiger partial charge in [-0.3, -0.25) is 14.5 Å². The van der Waals surface area contributed by atoms with E-state index in [1.165, 1.54) is 12.1 Å². The van der Waals surface area contributed by atoms with Crippen molar-refractivity contribution in [2.45, 2.75) is 27.3 Å². The lowest BCUT2D eigenvalue weighted by atomic mass is 10.2. The smallest absolute Gasteiger partial charge is 0.289 e. The lowest BCUT2D eigenvalue weighted by Crippen LogP contribution is -2.50. The fourth-order valence-corrected chi connectivity index (χ4v) is 4.29. The van der Waals surface area contributed by atoms with Crippen molar-refractivity contribution in [2.24, 2.45) is 0 Å². The highest BCUT2D eigenvalue weighted by Gasteiger charge is 2.26. The molecule has 1 aliphatic heterocycles. The summed E-state index contributed by atoms with van der Waals surface area (Å²) in [4.78, 5) is 29.2. The van der Waals surface area contributed by atoms with E-state index in [0.717, 1.165) is 16.8 Å². The molecule has 3 aromatic rings. The van der Waals surface area contributed by atoms with Gasteiger partial charge in [0.2, 0.25) is 5.91 Å². The van der Waals surface area contributed by atoms with Crippen molar-refractivity contribution < 1.29 is 18.4 Å². The minimum atomic E-state index is -0.318. The van der Waals surface area contributed by atoms with Gasteiger partial charge in [0.05, 0.1) is 12.1 Å². The third-order valence-corrected chi connectivity index (χ3v) is 6.43. The molecule has 0 bridgehead atoms. The number of piperazine rings is 1. The number of hydrogen-bond donors (Lipinski definition) is 1. The normalized spacial score (nSPS) is 14.1. The first-order valence-corrected chi connectivity index (χ1v) is 11.5. The third kappa shape index (κ3) is 5.28. The Labute approximate surface area is 203 Å². The van der Waals surface area contributed by atoms with Crippen LogP contribution in [0, 0.1) is 37.9 Å². The van der Waals surface area contributed by atoms with Crippen LogP contribution in [-0.4, -0.2) is 58.9 Å². The van der Waals surface area contributed by atoms with Gasteiger partial charge in [-0.25, -0.2) is 4.39 Å². The topological polar surface area (TPSA) is 94.5 Å². The second-order valence-corrected chi connectivity index (χ2v) is 8.79. The summed E-state index contributed by atoms with van der Waals surface area (Å²) >= 11 is 0. The van der Waals surface area contributed by atoms with Crippen LogP contribution >= 0.6 is 0 Å². The van der Waals surface area contributed by atoms with E-state index < -0.39 is 0 Å². The maximum absolute atomic E-state index is 13.3. The number of amides is 2. The van der Waals surface area contributed by atoms with Crippen molar-refractivity contribution in [2.75, 3.05) is 38.0 Å². The summed E-state index contributed by atoms with van der Waals surface area (Å²) in [6.07, 6.45) is 0. The number of carbonyl (C=O) groups is 2. The number of halogens is 1. The maximum atomic E-state index is 13.3. The standard InChI is InChI=1S/C26H28FN5O3/c1-17-4-9-23(35-17)26(34)31-12-10-30(11-13-31)16-24(33)29-25-22(14-28)18(2)19(3)32(25)15-20-5-7-21(27)8-6-20/h4-9H,10-13,15-16H2,1-3H3,(H,29,33). The Balaban J connectivity index is 1.41. The van der Waals surface area contributed by atoms with E-state index in [4.69, 9.17) is 4.42 Å². The molecule has 4 rings (SSSR count). The zero-order valence-electron chi connectivity index (χ0n) is 20.1. The number of rotatable bonds is 6. The predicted octanol–water partition coefficient (Wildman–Crippen LogP) is 3.46. The first-order chi connectivity index (χ1) is 16.8. The van der Waals surface area contributed by atoms with Crippen molar-refractivity contribution in [1.29, 1.82) is 5.26 Å². The summed E-state index contributed by atoms with van der Waals surface area (Å²) in [6.45, 7) is 8.18. The Morgan fingerprint density at radius 1 is 1.06 bits per heavy atom. The van der Waals surface area contributed by atoms with E-state index in [9.17, 15) is 19.2 Å². The van der Waals surface area contributed by atoms with Gasteiger partial charge in [0, 0.05) is 38.4 Å². The van der Waals surface area contributed by atoms with Crippen LogP contribution in [0.4, 0.5) is 10.2 Å². The predicted molar refractivity (Wildman–Crippen MR) is 129 cm³/mol. The zero-order valence-corrected chi connectivity index (χ0v) is 20.1. The second-order valence-electron chi connectivity index (χ2n) is 8.79. The number of benzene rings is 1. The van der Waals surface area contributed by atoms with E-state index >= 15 is 0 Å². The minimum absolute atomic E-state index is 0.145. The van der Waals surface area contributed by atoms with Crippen LogP contribution in [-0.2, 0) is 11.3 Å². The van der Waals surface area contributed by atoms with Crippen molar-refractivity contribution in [3.8, 4) is 6.07 Å². The van der Waals surface area contributed by atoms with E-state index in [0.29, 0.717) is 55.6 Å². The Hall–Kier alpha value is -3.90. The third-order valence-electron chi connectivity index (χ3n) is 6.43. The Morgan fingerprint density at radius 3 is 2.34 bits per heavy atom. The van der Waals surface area contributed by atoms with E-state index in [2.05, 4.69) is 11.4 Å². The molecule has 2 amide bonds. The first-order valence-electron chi connectivity index (χ1n) is 11.5. The average molecular weight is 478 g/mol. The number of hydrogen-bond acceptors (Lipinski definition) is 5. The number of aromatic nitrogens is 1. The molecule has 1 aromatic carbocycles. The highest BCUT2D eigenvalue weighted by atomic mass is 19.1. The zero-order chi connectivity index (χ0) is 25.1. The fraction of sp³-hybridized carbons (Fsp3) is 0.346. The second kappa shape index (κ2) is 10.2. The molecular weight excluding hydrogens is 449 g/mol. The molecule has 3 heterocycles. The molecule has 1 aliphatic rings. The first kappa shape index (κ1) is 24.2. The van der Waals surface area contributed by atoms with Gasteiger partial charge in [-0.05, 0) is 56.2 Å². The molecule has 9 heteroatoms. The van der Waals surface area contributed by atoms with Crippen LogP contribution in [0.5, 0.6) is 0 Å². The van der Waals surface area contributed by atoms with E-state index in [1.54, 1.807) is 36.1 Å². The Morgan fingerprint density at radius 2 is 1.74 bits per heavy atom. The summed E-state index contributed by atoms with van der Waals surface area (Å²) in [5.74, 6) is 0.756. The molecule has 0 spiro atoms. The molecule has 0 saturated carbocycles. The average Bonchev–Trinajstić information content (AvgIpc) is 3.37. The lowest BCUT2D eigenvalue weighted by Gasteiger charge is -2.33. The number of nitriles is 1. The van der Waals surface area contributed by atoms with Crippen LogP contribution in [0.3, 0.4) is 0 Å². The number of aryl methyl sites for hydroxylation is 1. The summed E-state index contributed by atoms with van der Waals surface area (Å²) in [6, 6.07) is 11.8. The highest BCUT2D eigenvalue weighted by molar-refractivity contribution is 5.93. The SMILES string of the molecule is Cc1ccc(C(=O)N2CCN(CC(=O)Nc3c(C#N)c(C)c(C)n3Cc3ccc(F)cc3)CC2)o1. The van der Waals surface area contributed by atoms with Gasteiger partial charge in [0.15, 0.2) is 5.76 Å². The molecule has 8 nitrogen and oxygen atoms in total. The number of nitrogens with zero attached hydrogens (tertiary/aromatic N) is 4. The van der Waals surface area contributed by atoms with Gasteiger partial charge in [0.25, 0.3) is 5.91 Å². The van der Waals surface area contributed by atoms with Gasteiger partial charge >= 0.3 is 0 Å². The van der Waals surface area contributed by atoms with Crippen molar-refractivity contribution in [1.82, 2.24) is 14.4 Å². The van der Waals surface area contributed by atoms with Crippen LogP contribution in [0.2, 0.25) is 0 Å². The summed E-state index contributed by atoms with van der Waals surface area (Å²) in [7, 11) is 0. The van der Waals surface area contributed by atoms with E-state index in [1.807, 2.05) is 23.3 Å². The number of carbonyl (C=O) groups excluding carboxylic acids is 2. The molecule has 0 unspecified atom stereocenters. The van der Waals surface area contributed by atoms with Gasteiger partial charge in [-0.1, -0.05) is 12.1 Å². The fourth-order valence-electron chi connectivity index (χ4n) is 4.29. The molecule has 0 atom stereocenters. The number of furan rings is 1. The largest absolute Gasteiger partial charge is 0.456 e. The van der Waals surface area contributed by atoms with Gasteiger partial charge in [-0.2, -0.15) is 5.26 Å². The molecule has 182 valence electrons. The van der Waals surface area contributed by atoms with Crippen LogP contribution < -0.4 is 5.32 Å². The number of nitrogens with one attached hydrogen (secondary N) is 1. The quantitative estimate of drug-likeness (QED) is 0.587.